The molecule has 9 heterocycles. The van der Waals surface area contributed by atoms with Gasteiger partial charge >= 0.3 is 11.9 Å². The highest BCUT2D eigenvalue weighted by Gasteiger charge is 2.62. The molecule has 0 aromatic carbocycles. The fourth-order valence-corrected chi connectivity index (χ4v) is 14.2. The second-order valence-electron chi connectivity index (χ2n) is 24.7. The van der Waals surface area contributed by atoms with Gasteiger partial charge in [0.2, 0.25) is 0 Å². The number of hydrogen-bond donors (Lipinski definition) is 1. The number of fused-ring (bicyclic) bond motifs is 10. The maximum Gasteiger partial charge on any atom is 0.335 e. The highest BCUT2D eigenvalue weighted by Crippen LogP contribution is 2.54. The van der Waals surface area contributed by atoms with Gasteiger partial charge in [0.15, 0.2) is 35.0 Å². The van der Waals surface area contributed by atoms with Gasteiger partial charge in [0.1, 0.15) is 24.4 Å². The Morgan fingerprint density at radius 1 is 0.727 bits per heavy atom. The van der Waals surface area contributed by atoms with E-state index >= 15 is 0 Å². The van der Waals surface area contributed by atoms with Crippen LogP contribution in [0.25, 0.3) is 0 Å². The number of methoxy groups -OCH3 is 3. The largest absolute Gasteiger partial charge is 0.467 e. The molecule has 0 saturated carbocycles. The van der Waals surface area contributed by atoms with Crippen LogP contribution >= 0.6 is 11.6 Å². The van der Waals surface area contributed by atoms with Crippen LogP contribution in [0, 0.1) is 17.8 Å². The summed E-state index contributed by atoms with van der Waals surface area (Å²) in [4.78, 5) is 25.9. The van der Waals surface area contributed by atoms with Crippen molar-refractivity contribution in [2.75, 3.05) is 21.3 Å². The van der Waals surface area contributed by atoms with Crippen LogP contribution in [0.1, 0.15) is 164 Å². The normalized spacial score (nSPS) is 45.9. The lowest BCUT2D eigenvalue weighted by atomic mass is 9.82. The Morgan fingerprint density at radius 2 is 1.44 bits per heavy atom. The van der Waals surface area contributed by atoms with Gasteiger partial charge in [-0.3, -0.25) is 4.79 Å². The molecule has 0 aliphatic carbocycles. The van der Waals surface area contributed by atoms with Crippen molar-refractivity contribution in [1.29, 1.82) is 0 Å². The Kier molecular flexibility index (Phi) is 19.2. The first-order chi connectivity index (χ1) is 36.6. The standard InChI is InChI=1S/C59H91ClO17/c1-35-23-26-57-28-25-45(64-8)52(76-57)53-51(74-56(6,7)75-53)36(2)21-22-44-50(60)48(65-9)33-58(71-44)27-24-37(3)59(77-58)34-47(43(73-59)20-15-13-11-12-14-19-42(61)54(63)66-10)68-49(62)32-39-18-16-17-38(67-39)29-40-30-41(31-46(35)72-57)70-55(4,5)69-40/h12-15,23,26,35-48,50-53,61H,11,16-22,24-25,27-34H2,1-10H3/b14-12-,15-13+/t35-,36-,37-,38-,39+,40+,41-,42+,43-,44+,45-,46+,47-,48+,50+,51-,52-,53-,57-,58+,59+/m0/s1. The molecular formula is C59H91ClO17. The average molecular weight is 1110 g/mol. The number of aliphatic hydroxyl groups is 1. The van der Waals surface area contributed by atoms with E-state index < -0.39 is 76.9 Å². The number of rotatable bonds is 9. The van der Waals surface area contributed by atoms with Crippen molar-refractivity contribution in [2.24, 2.45) is 17.8 Å². The molecular weight excluding hydrogens is 1020 g/mol. The van der Waals surface area contributed by atoms with E-state index in [1.807, 2.05) is 45.9 Å². The van der Waals surface area contributed by atoms with Gasteiger partial charge in [-0.2, -0.15) is 0 Å². The summed E-state index contributed by atoms with van der Waals surface area (Å²) in [5.74, 6) is -5.92. The zero-order valence-electron chi connectivity index (χ0n) is 47.4. The first-order valence-corrected chi connectivity index (χ1v) is 29.5. The molecule has 8 saturated heterocycles. The average Bonchev–Trinajstić information content (AvgIpc) is 3.91. The predicted molar refractivity (Wildman–Crippen MR) is 282 cm³/mol. The van der Waals surface area contributed by atoms with Crippen molar-refractivity contribution in [1.82, 2.24) is 0 Å². The van der Waals surface area contributed by atoms with Crippen LogP contribution in [0.15, 0.2) is 36.5 Å². The van der Waals surface area contributed by atoms with E-state index in [4.69, 9.17) is 73.2 Å². The molecule has 77 heavy (non-hydrogen) atoms. The maximum absolute atomic E-state index is 14.2. The molecule has 9 rings (SSSR count). The minimum absolute atomic E-state index is 0.0237. The Bertz CT molecular complexity index is 2090. The zero-order valence-corrected chi connectivity index (χ0v) is 48.2. The van der Waals surface area contributed by atoms with E-state index in [-0.39, 0.29) is 85.4 Å². The van der Waals surface area contributed by atoms with E-state index in [2.05, 4.69) is 37.7 Å². The number of alkyl halides is 1. The zero-order chi connectivity index (χ0) is 54.9. The van der Waals surface area contributed by atoms with Crippen LogP contribution in [-0.4, -0.2) is 158 Å². The van der Waals surface area contributed by atoms with Crippen LogP contribution in [0.3, 0.4) is 0 Å². The molecule has 0 unspecified atom stereocenters. The molecule has 18 heteroatoms. The van der Waals surface area contributed by atoms with E-state index in [0.29, 0.717) is 77.0 Å². The molecule has 9 aliphatic heterocycles. The molecule has 0 radical (unpaired) electrons. The minimum atomic E-state index is -1.22. The van der Waals surface area contributed by atoms with Gasteiger partial charge in [-0.1, -0.05) is 51.2 Å². The third-order valence-corrected chi connectivity index (χ3v) is 18.5. The summed E-state index contributed by atoms with van der Waals surface area (Å²) < 4.78 is 93.1. The molecule has 0 aromatic heterocycles. The van der Waals surface area contributed by atoms with E-state index in [1.54, 1.807) is 20.3 Å². The summed E-state index contributed by atoms with van der Waals surface area (Å²) in [5.41, 5.74) is 0. The summed E-state index contributed by atoms with van der Waals surface area (Å²) >= 11 is 7.34. The van der Waals surface area contributed by atoms with Crippen molar-refractivity contribution in [2.45, 2.75) is 284 Å². The third kappa shape index (κ3) is 14.1. The quantitative estimate of drug-likeness (QED) is 0.131. The Balaban J connectivity index is 0.994. The Labute approximate surface area is 462 Å². The van der Waals surface area contributed by atoms with E-state index in [9.17, 15) is 14.7 Å². The lowest BCUT2D eigenvalue weighted by Gasteiger charge is -2.54. The van der Waals surface area contributed by atoms with Crippen LogP contribution < -0.4 is 0 Å². The molecule has 11 bridgehead atoms. The fraction of sp³-hybridized carbons (Fsp3) is 0.864. The highest BCUT2D eigenvalue weighted by atomic mass is 35.5. The summed E-state index contributed by atoms with van der Waals surface area (Å²) in [6.07, 6.45) is 16.7. The molecule has 21 atom stereocenters. The van der Waals surface area contributed by atoms with Gasteiger partial charge in [-0.15, -0.1) is 11.6 Å². The SMILES string of the molecule is COC(=O)[C@H](O)C/C=C\C/C=C/C[C@@H]1O[C@@]23C[C@@H]1OC(=O)C[C@H]1CCC[C@@H](C[C@@H]4C[C@@H](C[C@H]5O[C@]6(C=C[C@@H]5C)CC[C@H](OC)[C@H](O6)[C@H]5OC(C)(C)O[C@H]5[C@@H](C)CC[C@H]5O[C@@](CC[C@@H]2C)(C[C@@H](OC)[C@@H]5Cl)O3)OC(C)(C)O4)O1. The number of hydrogen-bond acceptors (Lipinski definition) is 17. The van der Waals surface area contributed by atoms with Gasteiger partial charge in [0, 0.05) is 77.4 Å². The molecule has 0 amide bonds. The monoisotopic (exact) mass is 1110 g/mol. The van der Waals surface area contributed by atoms with Gasteiger partial charge in [-0.25, -0.2) is 4.79 Å². The maximum atomic E-state index is 14.2. The Hall–Kier alpha value is -2.07. The van der Waals surface area contributed by atoms with Crippen molar-refractivity contribution in [3.8, 4) is 0 Å². The highest BCUT2D eigenvalue weighted by molar-refractivity contribution is 6.21. The second-order valence-corrected chi connectivity index (χ2v) is 25.2. The Morgan fingerprint density at radius 3 is 2.21 bits per heavy atom. The number of ether oxygens (including phenoxy) is 14. The molecule has 9 aliphatic rings. The molecule has 17 nitrogen and oxygen atoms in total. The smallest absolute Gasteiger partial charge is 0.335 e. The van der Waals surface area contributed by atoms with Gasteiger partial charge in [0.05, 0.1) is 73.8 Å². The second kappa shape index (κ2) is 24.8. The molecule has 8 fully saturated rings. The van der Waals surface area contributed by atoms with E-state index in [0.717, 1.165) is 25.7 Å². The van der Waals surface area contributed by atoms with Gasteiger partial charge < -0.3 is 71.4 Å². The van der Waals surface area contributed by atoms with Crippen molar-refractivity contribution >= 4 is 23.5 Å². The number of aliphatic hydroxyl groups excluding tert-OH is 1. The minimum Gasteiger partial charge on any atom is -0.467 e. The first-order valence-electron chi connectivity index (χ1n) is 29.1. The van der Waals surface area contributed by atoms with Crippen molar-refractivity contribution in [3.63, 3.8) is 0 Å². The lowest BCUT2D eigenvalue weighted by Crippen LogP contribution is -2.61. The number of esters is 2. The van der Waals surface area contributed by atoms with Crippen molar-refractivity contribution < 1.29 is 81.0 Å². The molecule has 436 valence electrons. The molecule has 0 aromatic rings. The topological polar surface area (TPSA) is 184 Å². The predicted octanol–water partition coefficient (Wildman–Crippen LogP) is 9.20. The summed E-state index contributed by atoms with van der Waals surface area (Å²) in [7, 11) is 4.67. The van der Waals surface area contributed by atoms with Crippen LogP contribution in [0.4, 0.5) is 0 Å². The number of carbonyl (C=O) groups excluding carboxylic acids is 2. The third-order valence-electron chi connectivity index (χ3n) is 17.9. The molecule has 3 spiro atoms. The molecule has 1 N–H and O–H groups in total. The summed E-state index contributed by atoms with van der Waals surface area (Å²) in [6, 6.07) is 0. The van der Waals surface area contributed by atoms with E-state index in [1.165, 1.54) is 7.11 Å². The number of carbonyl (C=O) groups is 2. The number of allylic oxidation sites excluding steroid dienone is 2. The summed E-state index contributed by atoms with van der Waals surface area (Å²) in [5, 5.41) is 9.54. The van der Waals surface area contributed by atoms with Crippen molar-refractivity contribution in [3.05, 3.63) is 36.5 Å². The first kappa shape index (κ1) is 59.5. The van der Waals surface area contributed by atoms with Crippen LogP contribution in [-0.2, 0) is 75.9 Å². The summed E-state index contributed by atoms with van der Waals surface area (Å²) in [6.45, 7) is 14.4. The lowest BCUT2D eigenvalue weighted by molar-refractivity contribution is -0.413. The van der Waals surface area contributed by atoms with Gasteiger partial charge in [-0.05, 0) is 97.5 Å². The number of halogens is 1. The van der Waals surface area contributed by atoms with Gasteiger partial charge in [0.25, 0.3) is 0 Å². The fourth-order valence-electron chi connectivity index (χ4n) is 13.9. The van der Waals surface area contributed by atoms with Crippen LogP contribution in [0.5, 0.6) is 0 Å². The van der Waals surface area contributed by atoms with Crippen LogP contribution in [0.2, 0.25) is 0 Å².